The molecule has 1 aliphatic heterocycles. The molecular weight excluding hydrogens is 266 g/mol. The van der Waals surface area contributed by atoms with Gasteiger partial charge in [0, 0.05) is 38.8 Å². The predicted molar refractivity (Wildman–Crippen MR) is 81.3 cm³/mol. The molecule has 1 N–H and O–H groups in total. The molecule has 0 radical (unpaired) electrons. The van der Waals surface area contributed by atoms with Gasteiger partial charge in [-0.3, -0.25) is 14.7 Å². The van der Waals surface area contributed by atoms with Crippen LogP contribution in [0.25, 0.3) is 0 Å². The third-order valence-corrected chi connectivity index (χ3v) is 4.07. The Morgan fingerprint density at radius 3 is 2.71 bits per heavy atom. The lowest BCUT2D eigenvalue weighted by Crippen LogP contribution is -2.49. The molecule has 1 saturated carbocycles. The van der Waals surface area contributed by atoms with Crippen LogP contribution in [0.1, 0.15) is 36.7 Å². The van der Waals surface area contributed by atoms with E-state index < -0.39 is 0 Å². The first kappa shape index (κ1) is 14.3. The number of amides is 1. The molecule has 1 aromatic rings. The van der Waals surface area contributed by atoms with Crippen molar-refractivity contribution in [1.29, 1.82) is 0 Å². The Morgan fingerprint density at radius 2 is 2.05 bits per heavy atom. The van der Waals surface area contributed by atoms with Gasteiger partial charge in [-0.2, -0.15) is 0 Å². The van der Waals surface area contributed by atoms with Crippen LogP contribution in [-0.4, -0.2) is 64.4 Å². The molecule has 6 heteroatoms. The van der Waals surface area contributed by atoms with E-state index in [1.54, 1.807) is 12.4 Å². The minimum absolute atomic E-state index is 0.00176. The molecule has 6 nitrogen and oxygen atoms in total. The molecular formula is C15H23N5O. The van der Waals surface area contributed by atoms with E-state index in [0.717, 1.165) is 45.2 Å². The number of rotatable bonds is 5. The first-order valence-corrected chi connectivity index (χ1v) is 7.87. The van der Waals surface area contributed by atoms with Crippen LogP contribution in [0.3, 0.4) is 0 Å². The lowest BCUT2D eigenvalue weighted by molar-refractivity contribution is 0.0621. The summed E-state index contributed by atoms with van der Waals surface area (Å²) in [5.74, 6) is 0.678. The average molecular weight is 289 g/mol. The van der Waals surface area contributed by atoms with Gasteiger partial charge in [-0.1, -0.05) is 6.92 Å². The van der Waals surface area contributed by atoms with Crippen molar-refractivity contribution >= 4 is 11.7 Å². The van der Waals surface area contributed by atoms with E-state index >= 15 is 0 Å². The highest BCUT2D eigenvalue weighted by molar-refractivity contribution is 5.92. The van der Waals surface area contributed by atoms with Crippen molar-refractivity contribution in [2.75, 3.05) is 38.0 Å². The quantitative estimate of drug-likeness (QED) is 0.883. The maximum absolute atomic E-state index is 12.5. The molecule has 1 amide bonds. The second kappa shape index (κ2) is 6.39. The third kappa shape index (κ3) is 3.50. The minimum Gasteiger partial charge on any atom is -0.369 e. The van der Waals surface area contributed by atoms with E-state index in [2.05, 4.69) is 27.1 Å². The van der Waals surface area contributed by atoms with Crippen molar-refractivity contribution in [2.45, 2.75) is 32.2 Å². The molecule has 0 spiro atoms. The molecule has 1 aromatic heterocycles. The van der Waals surface area contributed by atoms with Gasteiger partial charge in [0.2, 0.25) is 0 Å². The Labute approximate surface area is 125 Å². The average Bonchev–Trinajstić information content (AvgIpc) is 3.37. The lowest BCUT2D eigenvalue weighted by atomic mass is 10.2. The SMILES string of the molecule is CCCNc1cncc(C(=O)N2CCN(C3CC3)CC2)n1. The second-order valence-corrected chi connectivity index (χ2v) is 5.78. The summed E-state index contributed by atoms with van der Waals surface area (Å²) in [6.45, 7) is 6.49. The van der Waals surface area contributed by atoms with Crippen LogP contribution in [0.4, 0.5) is 5.82 Å². The molecule has 2 aliphatic rings. The Kier molecular flexibility index (Phi) is 4.34. The van der Waals surface area contributed by atoms with E-state index in [1.807, 2.05) is 4.90 Å². The first-order valence-electron chi connectivity index (χ1n) is 7.87. The highest BCUT2D eigenvalue weighted by Gasteiger charge is 2.32. The third-order valence-electron chi connectivity index (χ3n) is 4.07. The summed E-state index contributed by atoms with van der Waals surface area (Å²) >= 11 is 0. The Hall–Kier alpha value is -1.69. The molecule has 2 fully saturated rings. The zero-order valence-electron chi connectivity index (χ0n) is 12.6. The normalized spacial score (nSPS) is 19.6. The Bertz CT molecular complexity index is 495. The van der Waals surface area contributed by atoms with Crippen molar-refractivity contribution in [2.24, 2.45) is 0 Å². The van der Waals surface area contributed by atoms with Crippen molar-refractivity contribution in [3.05, 3.63) is 18.1 Å². The highest BCUT2D eigenvalue weighted by Crippen LogP contribution is 2.27. The number of nitrogens with one attached hydrogen (secondary N) is 1. The van der Waals surface area contributed by atoms with Crippen LogP contribution in [-0.2, 0) is 0 Å². The first-order chi connectivity index (χ1) is 10.3. The number of hydrogen-bond acceptors (Lipinski definition) is 5. The number of piperazine rings is 1. The van der Waals surface area contributed by atoms with Crippen molar-refractivity contribution in [1.82, 2.24) is 19.8 Å². The number of carbonyl (C=O) groups excluding carboxylic acids is 1. The maximum atomic E-state index is 12.5. The molecule has 3 rings (SSSR count). The summed E-state index contributed by atoms with van der Waals surface area (Å²) in [5, 5.41) is 3.17. The number of hydrogen-bond donors (Lipinski definition) is 1. The summed E-state index contributed by atoms with van der Waals surface area (Å²) in [6, 6.07) is 0.781. The molecule has 2 heterocycles. The van der Waals surface area contributed by atoms with Gasteiger partial charge in [0.15, 0.2) is 0 Å². The monoisotopic (exact) mass is 289 g/mol. The molecule has 0 bridgehead atoms. The number of nitrogens with zero attached hydrogens (tertiary/aromatic N) is 4. The van der Waals surface area contributed by atoms with E-state index in [4.69, 9.17) is 0 Å². The summed E-state index contributed by atoms with van der Waals surface area (Å²) in [7, 11) is 0. The topological polar surface area (TPSA) is 61.4 Å². The minimum atomic E-state index is -0.00176. The van der Waals surface area contributed by atoms with Gasteiger partial charge in [-0.25, -0.2) is 4.98 Å². The van der Waals surface area contributed by atoms with Gasteiger partial charge in [-0.15, -0.1) is 0 Å². The van der Waals surface area contributed by atoms with Gasteiger partial charge in [0.05, 0.1) is 12.4 Å². The standard InChI is InChI=1S/C15H23N5O/c1-2-5-17-14-11-16-10-13(18-14)15(21)20-8-6-19(7-9-20)12-3-4-12/h10-12H,2-9H2,1H3,(H,17,18). The zero-order chi connectivity index (χ0) is 14.7. The van der Waals surface area contributed by atoms with E-state index in [-0.39, 0.29) is 5.91 Å². The van der Waals surface area contributed by atoms with Crippen LogP contribution >= 0.6 is 0 Å². The second-order valence-electron chi connectivity index (χ2n) is 5.78. The Morgan fingerprint density at radius 1 is 1.29 bits per heavy atom. The van der Waals surface area contributed by atoms with Crippen LogP contribution in [0.2, 0.25) is 0 Å². The molecule has 21 heavy (non-hydrogen) atoms. The van der Waals surface area contributed by atoms with Crippen LogP contribution in [0, 0.1) is 0 Å². The van der Waals surface area contributed by atoms with E-state index in [9.17, 15) is 4.79 Å². The van der Waals surface area contributed by atoms with Gasteiger partial charge < -0.3 is 10.2 Å². The van der Waals surface area contributed by atoms with E-state index in [0.29, 0.717) is 11.5 Å². The molecule has 1 aliphatic carbocycles. The van der Waals surface area contributed by atoms with Gasteiger partial charge in [-0.05, 0) is 19.3 Å². The fourth-order valence-electron chi connectivity index (χ4n) is 2.70. The van der Waals surface area contributed by atoms with Crippen molar-refractivity contribution in [3.8, 4) is 0 Å². The number of anilines is 1. The lowest BCUT2D eigenvalue weighted by Gasteiger charge is -2.34. The van der Waals surface area contributed by atoms with Crippen LogP contribution in [0.15, 0.2) is 12.4 Å². The van der Waals surface area contributed by atoms with Gasteiger partial charge in [0.25, 0.3) is 5.91 Å². The zero-order valence-corrected chi connectivity index (χ0v) is 12.6. The molecule has 1 saturated heterocycles. The fraction of sp³-hybridized carbons (Fsp3) is 0.667. The highest BCUT2D eigenvalue weighted by atomic mass is 16.2. The summed E-state index contributed by atoms with van der Waals surface area (Å²) in [6.07, 6.45) is 6.89. The van der Waals surface area contributed by atoms with Crippen molar-refractivity contribution < 1.29 is 4.79 Å². The largest absolute Gasteiger partial charge is 0.369 e. The van der Waals surface area contributed by atoms with Crippen LogP contribution < -0.4 is 5.32 Å². The van der Waals surface area contributed by atoms with Crippen molar-refractivity contribution in [3.63, 3.8) is 0 Å². The number of carbonyl (C=O) groups is 1. The fourth-order valence-corrected chi connectivity index (χ4v) is 2.70. The smallest absolute Gasteiger partial charge is 0.274 e. The van der Waals surface area contributed by atoms with Crippen LogP contribution in [0.5, 0.6) is 0 Å². The summed E-state index contributed by atoms with van der Waals surface area (Å²) in [4.78, 5) is 25.4. The summed E-state index contributed by atoms with van der Waals surface area (Å²) in [5.41, 5.74) is 0.441. The molecule has 0 aromatic carbocycles. The molecule has 114 valence electrons. The van der Waals surface area contributed by atoms with Gasteiger partial charge in [0.1, 0.15) is 11.5 Å². The maximum Gasteiger partial charge on any atom is 0.274 e. The number of aromatic nitrogens is 2. The summed E-state index contributed by atoms with van der Waals surface area (Å²) < 4.78 is 0. The predicted octanol–water partition coefficient (Wildman–Crippen LogP) is 1.22. The van der Waals surface area contributed by atoms with E-state index in [1.165, 1.54) is 12.8 Å². The molecule has 0 unspecified atom stereocenters. The molecule has 0 atom stereocenters. The Balaban J connectivity index is 1.59. The van der Waals surface area contributed by atoms with Gasteiger partial charge >= 0.3 is 0 Å².